The Morgan fingerprint density at radius 2 is 1.96 bits per heavy atom. The Balaban J connectivity index is 1.46. The van der Waals surface area contributed by atoms with E-state index in [4.69, 9.17) is 0 Å². The van der Waals surface area contributed by atoms with Crippen LogP contribution in [0.15, 0.2) is 24.3 Å². The summed E-state index contributed by atoms with van der Waals surface area (Å²) in [7, 11) is 1.64. The first-order valence-corrected chi connectivity index (χ1v) is 9.02. The molecule has 3 rings (SSSR count). The maximum absolute atomic E-state index is 12.4. The van der Waals surface area contributed by atoms with Gasteiger partial charge in [-0.05, 0) is 12.1 Å². The zero-order chi connectivity index (χ0) is 16.9. The van der Waals surface area contributed by atoms with Crippen LogP contribution in [0.2, 0.25) is 0 Å². The summed E-state index contributed by atoms with van der Waals surface area (Å²) in [6, 6.07) is 8.05. The minimum atomic E-state index is 0.0191. The third-order valence-electron chi connectivity index (χ3n) is 4.26. The van der Waals surface area contributed by atoms with Crippen molar-refractivity contribution < 1.29 is 9.59 Å². The highest BCUT2D eigenvalue weighted by Gasteiger charge is 2.22. The zero-order valence-corrected chi connectivity index (χ0v) is 14.6. The molecule has 7 heteroatoms. The minimum absolute atomic E-state index is 0.0191. The molecule has 1 saturated heterocycles. The molecule has 2 heterocycles. The van der Waals surface area contributed by atoms with E-state index in [0.717, 1.165) is 23.6 Å². The van der Waals surface area contributed by atoms with Gasteiger partial charge in [-0.2, -0.15) is 0 Å². The van der Waals surface area contributed by atoms with E-state index in [1.807, 2.05) is 23.1 Å². The molecule has 24 heavy (non-hydrogen) atoms. The van der Waals surface area contributed by atoms with Crippen LogP contribution in [0, 0.1) is 0 Å². The molecule has 0 atom stereocenters. The third kappa shape index (κ3) is 4.10. The predicted molar refractivity (Wildman–Crippen MR) is 95.0 cm³/mol. The number of rotatable bonds is 5. The Kier molecular flexibility index (Phi) is 5.42. The van der Waals surface area contributed by atoms with Crippen LogP contribution in [0.3, 0.4) is 0 Å². The normalized spacial score (nSPS) is 15.6. The highest BCUT2D eigenvalue weighted by molar-refractivity contribution is 7.18. The van der Waals surface area contributed by atoms with Gasteiger partial charge in [0, 0.05) is 46.1 Å². The summed E-state index contributed by atoms with van der Waals surface area (Å²) in [5.74, 6) is 0.194. The van der Waals surface area contributed by atoms with Crippen molar-refractivity contribution in [2.24, 2.45) is 0 Å². The molecule has 2 aromatic rings. The summed E-state index contributed by atoms with van der Waals surface area (Å²) in [4.78, 5) is 32.3. The smallest absolute Gasteiger partial charge is 0.233 e. The SMILES string of the molecule is CNC(=O)CN1CCN(C(=O)CCc2nc3ccccc3s2)CC1. The molecular formula is C17H22N4O2S. The predicted octanol–water partition coefficient (Wildman–Crippen LogP) is 1.12. The van der Waals surface area contributed by atoms with E-state index in [2.05, 4.69) is 21.3 Å². The van der Waals surface area contributed by atoms with E-state index in [9.17, 15) is 9.59 Å². The van der Waals surface area contributed by atoms with E-state index in [1.165, 1.54) is 4.70 Å². The second-order valence-corrected chi connectivity index (χ2v) is 7.02. The molecule has 1 N–H and O–H groups in total. The molecule has 1 aromatic heterocycles. The lowest BCUT2D eigenvalue weighted by Crippen LogP contribution is -2.50. The van der Waals surface area contributed by atoms with Crippen LogP contribution in [0.5, 0.6) is 0 Å². The average Bonchev–Trinajstić information content (AvgIpc) is 3.03. The standard InChI is InChI=1S/C17H22N4O2S/c1-18-15(22)12-20-8-10-21(11-9-20)17(23)7-6-16-19-13-4-2-3-5-14(13)24-16/h2-5H,6-12H2,1H3,(H,18,22). The molecule has 1 aromatic carbocycles. The van der Waals surface area contributed by atoms with E-state index in [0.29, 0.717) is 32.5 Å². The Morgan fingerprint density at radius 3 is 2.67 bits per heavy atom. The first-order valence-electron chi connectivity index (χ1n) is 8.21. The first-order chi connectivity index (χ1) is 11.7. The number of thiazole rings is 1. The largest absolute Gasteiger partial charge is 0.358 e. The van der Waals surface area contributed by atoms with Gasteiger partial charge in [-0.3, -0.25) is 14.5 Å². The summed E-state index contributed by atoms with van der Waals surface area (Å²) < 4.78 is 1.17. The number of piperazine rings is 1. The van der Waals surface area contributed by atoms with Crippen molar-refractivity contribution in [2.45, 2.75) is 12.8 Å². The molecular weight excluding hydrogens is 324 g/mol. The van der Waals surface area contributed by atoms with Gasteiger partial charge in [-0.15, -0.1) is 11.3 Å². The van der Waals surface area contributed by atoms with Crippen molar-refractivity contribution in [3.05, 3.63) is 29.3 Å². The number of nitrogens with zero attached hydrogens (tertiary/aromatic N) is 3. The molecule has 0 saturated carbocycles. The van der Waals surface area contributed by atoms with Crippen molar-refractivity contribution in [3.63, 3.8) is 0 Å². The van der Waals surface area contributed by atoms with Gasteiger partial charge in [0.15, 0.2) is 0 Å². The highest BCUT2D eigenvalue weighted by Crippen LogP contribution is 2.22. The first kappa shape index (κ1) is 16.9. The Morgan fingerprint density at radius 1 is 1.21 bits per heavy atom. The van der Waals surface area contributed by atoms with Crippen LogP contribution in [0.4, 0.5) is 0 Å². The number of benzene rings is 1. The van der Waals surface area contributed by atoms with Crippen LogP contribution in [-0.4, -0.2) is 66.4 Å². The van der Waals surface area contributed by atoms with Gasteiger partial charge in [0.25, 0.3) is 0 Å². The Hall–Kier alpha value is -1.99. The molecule has 128 valence electrons. The van der Waals surface area contributed by atoms with Gasteiger partial charge in [0.05, 0.1) is 21.8 Å². The summed E-state index contributed by atoms with van der Waals surface area (Å²) in [5, 5.41) is 3.65. The molecule has 0 radical (unpaired) electrons. The van der Waals surface area contributed by atoms with E-state index < -0.39 is 0 Å². The van der Waals surface area contributed by atoms with Crippen molar-refractivity contribution in [1.29, 1.82) is 0 Å². The summed E-state index contributed by atoms with van der Waals surface area (Å²) in [6.07, 6.45) is 1.19. The fourth-order valence-electron chi connectivity index (χ4n) is 2.84. The quantitative estimate of drug-likeness (QED) is 0.881. The number of hydrogen-bond acceptors (Lipinski definition) is 5. The van der Waals surface area contributed by atoms with Crippen molar-refractivity contribution in [3.8, 4) is 0 Å². The van der Waals surface area contributed by atoms with E-state index in [-0.39, 0.29) is 11.8 Å². The number of hydrogen-bond donors (Lipinski definition) is 1. The van der Waals surface area contributed by atoms with Gasteiger partial charge in [-0.1, -0.05) is 12.1 Å². The van der Waals surface area contributed by atoms with E-state index >= 15 is 0 Å². The van der Waals surface area contributed by atoms with Gasteiger partial charge < -0.3 is 10.2 Å². The highest BCUT2D eigenvalue weighted by atomic mass is 32.1. The number of carbonyl (C=O) groups is 2. The van der Waals surface area contributed by atoms with Crippen LogP contribution in [-0.2, 0) is 16.0 Å². The second kappa shape index (κ2) is 7.72. The molecule has 0 spiro atoms. The van der Waals surface area contributed by atoms with Crippen molar-refractivity contribution >= 4 is 33.4 Å². The maximum Gasteiger partial charge on any atom is 0.233 e. The number of aromatic nitrogens is 1. The van der Waals surface area contributed by atoms with Gasteiger partial charge in [-0.25, -0.2) is 4.98 Å². The topological polar surface area (TPSA) is 65.5 Å². The molecule has 6 nitrogen and oxygen atoms in total. The summed E-state index contributed by atoms with van der Waals surface area (Å²) in [5.41, 5.74) is 1.01. The molecule has 1 aliphatic heterocycles. The van der Waals surface area contributed by atoms with Crippen LogP contribution in [0.1, 0.15) is 11.4 Å². The summed E-state index contributed by atoms with van der Waals surface area (Å²) >= 11 is 1.66. The second-order valence-electron chi connectivity index (χ2n) is 5.91. The fourth-order valence-corrected chi connectivity index (χ4v) is 3.80. The minimum Gasteiger partial charge on any atom is -0.358 e. The van der Waals surface area contributed by atoms with Crippen molar-refractivity contribution in [1.82, 2.24) is 20.1 Å². The summed E-state index contributed by atoms with van der Waals surface area (Å²) in [6.45, 7) is 3.29. The number of aryl methyl sites for hydroxylation is 1. The van der Waals surface area contributed by atoms with Crippen molar-refractivity contribution in [2.75, 3.05) is 39.8 Å². The van der Waals surface area contributed by atoms with Gasteiger partial charge in [0.1, 0.15) is 0 Å². The molecule has 2 amide bonds. The number of para-hydroxylation sites is 1. The van der Waals surface area contributed by atoms with Crippen LogP contribution < -0.4 is 5.32 Å². The van der Waals surface area contributed by atoms with Crippen LogP contribution in [0.25, 0.3) is 10.2 Å². The zero-order valence-electron chi connectivity index (χ0n) is 13.8. The lowest BCUT2D eigenvalue weighted by molar-refractivity contribution is -0.133. The average molecular weight is 346 g/mol. The number of carbonyl (C=O) groups excluding carboxylic acids is 2. The third-order valence-corrected chi connectivity index (χ3v) is 5.36. The molecule has 0 bridgehead atoms. The number of nitrogens with one attached hydrogen (secondary N) is 1. The Labute approximate surface area is 145 Å². The molecule has 0 aliphatic carbocycles. The van der Waals surface area contributed by atoms with Gasteiger partial charge >= 0.3 is 0 Å². The Bertz CT molecular complexity index is 689. The number of fused-ring (bicyclic) bond motifs is 1. The molecule has 1 fully saturated rings. The number of likely N-dealkylation sites (N-methyl/N-ethyl adjacent to an activating group) is 1. The van der Waals surface area contributed by atoms with Crippen LogP contribution >= 0.6 is 11.3 Å². The lowest BCUT2D eigenvalue weighted by Gasteiger charge is -2.34. The molecule has 0 unspecified atom stereocenters. The lowest BCUT2D eigenvalue weighted by atomic mass is 10.2. The fraction of sp³-hybridized carbons (Fsp3) is 0.471. The monoisotopic (exact) mass is 346 g/mol. The number of amides is 2. The van der Waals surface area contributed by atoms with Gasteiger partial charge in [0.2, 0.25) is 11.8 Å². The molecule has 1 aliphatic rings. The van der Waals surface area contributed by atoms with E-state index in [1.54, 1.807) is 18.4 Å². The maximum atomic E-state index is 12.4.